The zero-order chi connectivity index (χ0) is 15.9. The van der Waals surface area contributed by atoms with Gasteiger partial charge in [-0.15, -0.1) is 0 Å². The second kappa shape index (κ2) is 5.16. The maximum Gasteiger partial charge on any atom is 0.252 e. The number of nitrogens with zero attached hydrogens (tertiary/aromatic N) is 2. The maximum absolute atomic E-state index is 12.7. The van der Waals surface area contributed by atoms with E-state index < -0.39 is 0 Å². The predicted octanol–water partition coefficient (Wildman–Crippen LogP) is 3.36. The number of pyridine rings is 2. The molecule has 1 aromatic carbocycles. The van der Waals surface area contributed by atoms with Gasteiger partial charge in [0.1, 0.15) is 0 Å². The Labute approximate surface area is 134 Å². The number of para-hydroxylation sites is 1. The minimum Gasteiger partial charge on any atom is -0.342 e. The summed E-state index contributed by atoms with van der Waals surface area (Å²) in [4.78, 5) is 21.1. The lowest BCUT2D eigenvalue weighted by atomic mass is 9.99. The molecular weight excluding hydrogens is 286 g/mol. The van der Waals surface area contributed by atoms with Crippen molar-refractivity contribution in [3.63, 3.8) is 0 Å². The van der Waals surface area contributed by atoms with E-state index in [0.717, 1.165) is 34.9 Å². The lowest BCUT2D eigenvalue weighted by molar-refractivity contribution is 0.0930. The molecule has 4 nitrogen and oxygen atoms in total. The second-order valence-corrected chi connectivity index (χ2v) is 6.10. The van der Waals surface area contributed by atoms with Crippen LogP contribution in [-0.2, 0) is 5.54 Å². The van der Waals surface area contributed by atoms with Crippen LogP contribution >= 0.6 is 0 Å². The molecule has 2 heterocycles. The quantitative estimate of drug-likeness (QED) is 0.807. The third-order valence-corrected chi connectivity index (χ3v) is 4.53. The topological polar surface area (TPSA) is 54.9 Å². The van der Waals surface area contributed by atoms with E-state index in [-0.39, 0.29) is 11.4 Å². The van der Waals surface area contributed by atoms with E-state index in [0.29, 0.717) is 5.56 Å². The highest BCUT2D eigenvalue weighted by Gasteiger charge is 2.46. The molecule has 4 rings (SSSR count). The molecule has 3 aromatic rings. The van der Waals surface area contributed by atoms with Crippen molar-refractivity contribution in [1.29, 1.82) is 0 Å². The Bertz CT molecular complexity index is 895. The molecule has 1 fully saturated rings. The summed E-state index contributed by atoms with van der Waals surface area (Å²) in [6.45, 7) is 1.91. The van der Waals surface area contributed by atoms with Crippen LogP contribution in [0.25, 0.3) is 10.9 Å². The minimum atomic E-state index is -0.269. The zero-order valence-electron chi connectivity index (χ0n) is 12.9. The van der Waals surface area contributed by atoms with E-state index in [1.165, 1.54) is 0 Å². The van der Waals surface area contributed by atoms with Gasteiger partial charge in [0, 0.05) is 29.5 Å². The molecule has 0 saturated heterocycles. The SMILES string of the molecule is Cc1cnccc1C(=O)NC1(c2ccnc3ccccc23)CC1. The van der Waals surface area contributed by atoms with Crippen molar-refractivity contribution in [3.05, 3.63) is 71.7 Å². The fourth-order valence-electron chi connectivity index (χ4n) is 3.11. The molecule has 0 radical (unpaired) electrons. The summed E-state index contributed by atoms with van der Waals surface area (Å²) in [5, 5.41) is 4.35. The summed E-state index contributed by atoms with van der Waals surface area (Å²) < 4.78 is 0. The predicted molar refractivity (Wildman–Crippen MR) is 89.1 cm³/mol. The van der Waals surface area contributed by atoms with Crippen molar-refractivity contribution in [2.75, 3.05) is 0 Å². The van der Waals surface area contributed by atoms with Crippen LogP contribution in [0.5, 0.6) is 0 Å². The molecule has 23 heavy (non-hydrogen) atoms. The molecule has 4 heteroatoms. The first kappa shape index (κ1) is 13.9. The van der Waals surface area contributed by atoms with Crippen LogP contribution in [0.2, 0.25) is 0 Å². The fraction of sp³-hybridized carbons (Fsp3) is 0.211. The van der Waals surface area contributed by atoms with Crippen molar-refractivity contribution in [3.8, 4) is 0 Å². The first-order valence-electron chi connectivity index (χ1n) is 7.77. The number of carbonyl (C=O) groups excluding carboxylic acids is 1. The molecule has 1 amide bonds. The maximum atomic E-state index is 12.7. The second-order valence-electron chi connectivity index (χ2n) is 6.10. The van der Waals surface area contributed by atoms with Gasteiger partial charge in [0.05, 0.1) is 11.1 Å². The summed E-state index contributed by atoms with van der Waals surface area (Å²) in [7, 11) is 0. The summed E-state index contributed by atoms with van der Waals surface area (Å²) >= 11 is 0. The van der Waals surface area contributed by atoms with Crippen LogP contribution in [-0.4, -0.2) is 15.9 Å². The average molecular weight is 303 g/mol. The number of hydrogen-bond acceptors (Lipinski definition) is 3. The molecule has 0 aliphatic heterocycles. The Morgan fingerprint density at radius 2 is 1.96 bits per heavy atom. The Balaban J connectivity index is 1.71. The van der Waals surface area contributed by atoms with Crippen molar-refractivity contribution in [1.82, 2.24) is 15.3 Å². The molecule has 1 N–H and O–H groups in total. The summed E-state index contributed by atoms with van der Waals surface area (Å²) in [6, 6.07) is 11.9. The van der Waals surface area contributed by atoms with Crippen molar-refractivity contribution < 1.29 is 4.79 Å². The smallest absolute Gasteiger partial charge is 0.252 e. The highest BCUT2D eigenvalue weighted by Crippen LogP contribution is 2.47. The van der Waals surface area contributed by atoms with Crippen LogP contribution in [0, 0.1) is 6.92 Å². The van der Waals surface area contributed by atoms with E-state index in [2.05, 4.69) is 21.4 Å². The van der Waals surface area contributed by atoms with Crippen molar-refractivity contribution >= 4 is 16.8 Å². The van der Waals surface area contributed by atoms with Gasteiger partial charge in [-0.3, -0.25) is 14.8 Å². The minimum absolute atomic E-state index is 0.0386. The van der Waals surface area contributed by atoms with E-state index in [4.69, 9.17) is 0 Å². The largest absolute Gasteiger partial charge is 0.342 e. The lowest BCUT2D eigenvalue weighted by Crippen LogP contribution is -2.35. The van der Waals surface area contributed by atoms with Crippen LogP contribution in [0.1, 0.15) is 34.3 Å². The summed E-state index contributed by atoms with van der Waals surface area (Å²) in [5.74, 6) is -0.0386. The average Bonchev–Trinajstić information content (AvgIpc) is 3.35. The molecule has 1 aliphatic rings. The van der Waals surface area contributed by atoms with Gasteiger partial charge < -0.3 is 5.32 Å². The number of benzene rings is 1. The number of amides is 1. The number of aryl methyl sites for hydroxylation is 1. The standard InChI is InChI=1S/C19H17N3O/c1-13-12-20-10-6-14(13)18(23)22-19(8-9-19)16-7-11-21-17-5-3-2-4-15(16)17/h2-7,10-12H,8-9H2,1H3,(H,22,23). The highest BCUT2D eigenvalue weighted by atomic mass is 16.1. The van der Waals surface area contributed by atoms with Gasteiger partial charge in [-0.05, 0) is 49.1 Å². The Morgan fingerprint density at radius 3 is 2.74 bits per heavy atom. The molecule has 0 spiro atoms. The van der Waals surface area contributed by atoms with Crippen LogP contribution in [0.3, 0.4) is 0 Å². The van der Waals surface area contributed by atoms with Gasteiger partial charge in [-0.1, -0.05) is 18.2 Å². The van der Waals surface area contributed by atoms with Gasteiger partial charge in [-0.25, -0.2) is 0 Å². The first-order valence-corrected chi connectivity index (χ1v) is 7.77. The number of aromatic nitrogens is 2. The molecule has 0 atom stereocenters. The fourth-order valence-corrected chi connectivity index (χ4v) is 3.11. The third kappa shape index (κ3) is 2.36. The molecule has 1 aliphatic carbocycles. The van der Waals surface area contributed by atoms with Crippen LogP contribution in [0.15, 0.2) is 55.0 Å². The molecule has 2 aromatic heterocycles. The number of fused-ring (bicyclic) bond motifs is 1. The van der Waals surface area contributed by atoms with Crippen molar-refractivity contribution in [2.24, 2.45) is 0 Å². The Morgan fingerprint density at radius 1 is 1.13 bits per heavy atom. The zero-order valence-corrected chi connectivity index (χ0v) is 12.9. The van der Waals surface area contributed by atoms with Crippen LogP contribution in [0.4, 0.5) is 0 Å². The van der Waals surface area contributed by atoms with Gasteiger partial charge in [0.25, 0.3) is 5.91 Å². The third-order valence-electron chi connectivity index (χ3n) is 4.53. The molecule has 0 bridgehead atoms. The summed E-state index contributed by atoms with van der Waals surface area (Å²) in [6.07, 6.45) is 7.11. The van der Waals surface area contributed by atoms with E-state index in [9.17, 15) is 4.79 Å². The van der Waals surface area contributed by atoms with Crippen LogP contribution < -0.4 is 5.32 Å². The number of nitrogens with one attached hydrogen (secondary N) is 1. The number of rotatable bonds is 3. The van der Waals surface area contributed by atoms with Crippen molar-refractivity contribution in [2.45, 2.75) is 25.3 Å². The van der Waals surface area contributed by atoms with E-state index in [1.54, 1.807) is 18.5 Å². The van der Waals surface area contributed by atoms with Gasteiger partial charge >= 0.3 is 0 Å². The molecule has 0 unspecified atom stereocenters. The molecule has 1 saturated carbocycles. The number of hydrogen-bond donors (Lipinski definition) is 1. The summed E-state index contributed by atoms with van der Waals surface area (Å²) in [5.41, 5.74) is 3.42. The lowest BCUT2D eigenvalue weighted by Gasteiger charge is -2.20. The first-order chi connectivity index (χ1) is 11.2. The molecular formula is C19H17N3O. The van der Waals surface area contributed by atoms with E-state index in [1.807, 2.05) is 37.4 Å². The normalized spacial score (nSPS) is 15.3. The monoisotopic (exact) mass is 303 g/mol. The highest BCUT2D eigenvalue weighted by molar-refractivity contribution is 5.97. The van der Waals surface area contributed by atoms with Gasteiger partial charge in [0.2, 0.25) is 0 Å². The van der Waals surface area contributed by atoms with Gasteiger partial charge in [-0.2, -0.15) is 0 Å². The Kier molecular flexibility index (Phi) is 3.11. The van der Waals surface area contributed by atoms with Gasteiger partial charge in [0.15, 0.2) is 0 Å². The Hall–Kier alpha value is -2.75. The number of carbonyl (C=O) groups is 1. The molecule has 114 valence electrons. The van der Waals surface area contributed by atoms with E-state index >= 15 is 0 Å².